The van der Waals surface area contributed by atoms with Crippen molar-refractivity contribution in [1.82, 2.24) is 9.97 Å². The minimum atomic E-state index is 0.602. The normalized spacial score (nSPS) is 14.1. The first kappa shape index (κ1) is 13.9. The molecule has 0 amide bonds. The van der Waals surface area contributed by atoms with Crippen LogP contribution in [0.3, 0.4) is 0 Å². The summed E-state index contributed by atoms with van der Waals surface area (Å²) in [5, 5.41) is 3.36. The predicted molar refractivity (Wildman–Crippen MR) is 86.6 cm³/mol. The molecule has 0 spiro atoms. The zero-order valence-corrected chi connectivity index (χ0v) is 12.7. The Morgan fingerprint density at radius 2 is 2.00 bits per heavy atom. The molecule has 1 N–H and O–H groups in total. The summed E-state index contributed by atoms with van der Waals surface area (Å²) < 4.78 is 0. The number of fused-ring (bicyclic) bond motifs is 1. The van der Waals surface area contributed by atoms with Crippen molar-refractivity contribution < 1.29 is 0 Å². The number of benzene rings is 1. The number of rotatable bonds is 4. The summed E-state index contributed by atoms with van der Waals surface area (Å²) in [4.78, 5) is 11.1. The number of hydrogen-bond donors (Lipinski definition) is 1. The van der Waals surface area contributed by atoms with Crippen LogP contribution in [0.25, 0.3) is 0 Å². The topological polar surface area (TPSA) is 41.0 Å². The van der Waals surface area contributed by atoms with Crippen LogP contribution in [0.4, 0.5) is 11.6 Å². The Hall–Kier alpha value is -2.10. The lowest BCUT2D eigenvalue weighted by molar-refractivity contribution is 0.685. The van der Waals surface area contributed by atoms with Gasteiger partial charge >= 0.3 is 0 Å². The lowest BCUT2D eigenvalue weighted by Crippen LogP contribution is -2.31. The Balaban J connectivity index is 1.74. The molecule has 110 valence electrons. The van der Waals surface area contributed by atoms with Gasteiger partial charge in [0.2, 0.25) is 0 Å². The maximum atomic E-state index is 4.44. The first-order chi connectivity index (χ1) is 10.2. The fourth-order valence-corrected chi connectivity index (χ4v) is 2.62. The second kappa shape index (κ2) is 6.12. The van der Waals surface area contributed by atoms with Crippen LogP contribution in [0.5, 0.6) is 0 Å². The predicted octanol–water partition coefficient (Wildman–Crippen LogP) is 3.11. The third-order valence-corrected chi connectivity index (χ3v) is 3.80. The molecular weight excluding hydrogens is 260 g/mol. The molecule has 0 saturated heterocycles. The summed E-state index contributed by atoms with van der Waals surface area (Å²) in [6.07, 6.45) is 2.73. The van der Waals surface area contributed by atoms with Crippen molar-refractivity contribution in [1.29, 1.82) is 0 Å². The van der Waals surface area contributed by atoms with E-state index in [1.165, 1.54) is 11.1 Å². The fourth-order valence-electron chi connectivity index (χ4n) is 2.62. The molecular formula is C17H22N4. The highest BCUT2D eigenvalue weighted by Gasteiger charge is 2.17. The summed E-state index contributed by atoms with van der Waals surface area (Å²) in [6, 6.07) is 10.7. The molecule has 0 atom stereocenters. The second-order valence-electron chi connectivity index (χ2n) is 5.98. The van der Waals surface area contributed by atoms with E-state index in [-0.39, 0.29) is 0 Å². The molecule has 4 nitrogen and oxygen atoms in total. The second-order valence-corrected chi connectivity index (χ2v) is 5.98. The molecule has 1 aliphatic rings. The van der Waals surface area contributed by atoms with E-state index in [1.54, 1.807) is 6.33 Å². The number of anilines is 2. The molecule has 0 radical (unpaired) electrons. The van der Waals surface area contributed by atoms with Gasteiger partial charge in [-0.2, -0.15) is 0 Å². The molecule has 0 unspecified atom stereocenters. The standard InChI is InChI=1S/C17H22N4/c1-13(2)10-18-16-9-17(20-12-19-16)21-8-7-14-5-3-4-6-15(14)11-21/h3-6,9,12-13H,7-8,10-11H2,1-2H3,(H,18,19,20). The molecule has 2 heterocycles. The van der Waals surface area contributed by atoms with Gasteiger partial charge in [0, 0.05) is 25.7 Å². The molecule has 1 aromatic carbocycles. The molecule has 3 rings (SSSR count). The first-order valence-electron chi connectivity index (χ1n) is 7.60. The van der Waals surface area contributed by atoms with Crippen molar-refractivity contribution in [2.24, 2.45) is 5.92 Å². The van der Waals surface area contributed by atoms with Crippen molar-refractivity contribution >= 4 is 11.6 Å². The lowest BCUT2D eigenvalue weighted by Gasteiger charge is -2.29. The highest BCUT2D eigenvalue weighted by molar-refractivity contribution is 5.50. The largest absolute Gasteiger partial charge is 0.370 e. The van der Waals surface area contributed by atoms with Crippen LogP contribution in [-0.4, -0.2) is 23.1 Å². The van der Waals surface area contributed by atoms with Gasteiger partial charge in [0.05, 0.1) is 0 Å². The van der Waals surface area contributed by atoms with E-state index < -0.39 is 0 Å². The summed E-state index contributed by atoms with van der Waals surface area (Å²) >= 11 is 0. The lowest BCUT2D eigenvalue weighted by atomic mass is 10.00. The Labute approximate surface area is 126 Å². The average Bonchev–Trinajstić information content (AvgIpc) is 2.53. The minimum Gasteiger partial charge on any atom is -0.370 e. The number of aromatic nitrogens is 2. The summed E-state index contributed by atoms with van der Waals surface area (Å²) in [6.45, 7) is 7.25. The van der Waals surface area contributed by atoms with Crippen LogP contribution >= 0.6 is 0 Å². The third kappa shape index (κ3) is 3.32. The van der Waals surface area contributed by atoms with Crippen LogP contribution in [-0.2, 0) is 13.0 Å². The zero-order chi connectivity index (χ0) is 14.7. The summed E-state index contributed by atoms with van der Waals surface area (Å²) in [5.41, 5.74) is 2.86. The Kier molecular flexibility index (Phi) is 4.04. The number of nitrogens with one attached hydrogen (secondary N) is 1. The van der Waals surface area contributed by atoms with Crippen molar-refractivity contribution in [3.63, 3.8) is 0 Å². The SMILES string of the molecule is CC(C)CNc1cc(N2CCc3ccccc3C2)ncn1. The van der Waals surface area contributed by atoms with Gasteiger partial charge in [-0.3, -0.25) is 0 Å². The van der Waals surface area contributed by atoms with Gasteiger partial charge < -0.3 is 10.2 Å². The van der Waals surface area contributed by atoms with Crippen LogP contribution in [0.1, 0.15) is 25.0 Å². The van der Waals surface area contributed by atoms with Crippen LogP contribution in [0.2, 0.25) is 0 Å². The first-order valence-corrected chi connectivity index (χ1v) is 7.60. The third-order valence-electron chi connectivity index (χ3n) is 3.80. The van der Waals surface area contributed by atoms with E-state index in [2.05, 4.69) is 64.4 Å². The molecule has 0 bridgehead atoms. The molecule has 0 saturated carbocycles. The van der Waals surface area contributed by atoms with Gasteiger partial charge in [-0.1, -0.05) is 38.1 Å². The van der Waals surface area contributed by atoms with E-state index in [0.29, 0.717) is 5.92 Å². The minimum absolute atomic E-state index is 0.602. The summed E-state index contributed by atoms with van der Waals surface area (Å²) in [7, 11) is 0. The maximum absolute atomic E-state index is 4.44. The van der Waals surface area contributed by atoms with Crippen molar-refractivity contribution in [3.8, 4) is 0 Å². The van der Waals surface area contributed by atoms with Gasteiger partial charge in [0.1, 0.15) is 18.0 Å². The quantitative estimate of drug-likeness (QED) is 0.935. The highest BCUT2D eigenvalue weighted by Crippen LogP contribution is 2.23. The summed E-state index contributed by atoms with van der Waals surface area (Å²) in [5.74, 6) is 2.52. The van der Waals surface area contributed by atoms with E-state index in [0.717, 1.165) is 37.7 Å². The maximum Gasteiger partial charge on any atom is 0.134 e. The van der Waals surface area contributed by atoms with Crippen LogP contribution in [0, 0.1) is 5.92 Å². The molecule has 1 aliphatic heterocycles. The van der Waals surface area contributed by atoms with Crippen molar-refractivity contribution in [3.05, 3.63) is 47.8 Å². The fraction of sp³-hybridized carbons (Fsp3) is 0.412. The van der Waals surface area contributed by atoms with Gasteiger partial charge in [-0.25, -0.2) is 9.97 Å². The van der Waals surface area contributed by atoms with Crippen molar-refractivity contribution in [2.75, 3.05) is 23.3 Å². The van der Waals surface area contributed by atoms with Crippen LogP contribution in [0.15, 0.2) is 36.7 Å². The molecule has 0 aliphatic carbocycles. The Morgan fingerprint density at radius 3 is 2.81 bits per heavy atom. The Morgan fingerprint density at radius 1 is 1.19 bits per heavy atom. The zero-order valence-electron chi connectivity index (χ0n) is 12.7. The van der Waals surface area contributed by atoms with E-state index in [9.17, 15) is 0 Å². The van der Waals surface area contributed by atoms with Gasteiger partial charge in [-0.15, -0.1) is 0 Å². The molecule has 21 heavy (non-hydrogen) atoms. The van der Waals surface area contributed by atoms with E-state index in [1.807, 2.05) is 0 Å². The molecule has 1 aromatic heterocycles. The van der Waals surface area contributed by atoms with Gasteiger partial charge in [0.15, 0.2) is 0 Å². The number of nitrogens with zero attached hydrogens (tertiary/aromatic N) is 3. The van der Waals surface area contributed by atoms with Gasteiger partial charge in [0.25, 0.3) is 0 Å². The van der Waals surface area contributed by atoms with Gasteiger partial charge in [-0.05, 0) is 23.5 Å². The van der Waals surface area contributed by atoms with Crippen molar-refractivity contribution in [2.45, 2.75) is 26.8 Å². The molecule has 0 fully saturated rings. The average molecular weight is 282 g/mol. The highest BCUT2D eigenvalue weighted by atomic mass is 15.2. The molecule has 4 heteroatoms. The van der Waals surface area contributed by atoms with E-state index in [4.69, 9.17) is 0 Å². The van der Waals surface area contributed by atoms with Crippen LogP contribution < -0.4 is 10.2 Å². The number of hydrogen-bond acceptors (Lipinski definition) is 4. The molecule has 2 aromatic rings. The van der Waals surface area contributed by atoms with E-state index >= 15 is 0 Å². The monoisotopic (exact) mass is 282 g/mol. The Bertz CT molecular complexity index is 609. The smallest absolute Gasteiger partial charge is 0.134 e.